The Bertz CT molecular complexity index is 480. The molecule has 0 bridgehead atoms. The molecule has 6 nitrogen and oxygen atoms in total. The highest BCUT2D eigenvalue weighted by molar-refractivity contribution is 7.09. The van der Waals surface area contributed by atoms with Crippen LogP contribution in [0.1, 0.15) is 41.2 Å². The Kier molecular flexibility index (Phi) is 4.16. The van der Waals surface area contributed by atoms with E-state index in [9.17, 15) is 9.59 Å². The Morgan fingerprint density at radius 2 is 2.21 bits per heavy atom. The van der Waals surface area contributed by atoms with Crippen molar-refractivity contribution in [1.29, 1.82) is 0 Å². The molecule has 0 radical (unpaired) electrons. The van der Waals surface area contributed by atoms with Gasteiger partial charge in [-0.3, -0.25) is 4.79 Å². The van der Waals surface area contributed by atoms with Gasteiger partial charge in [0.1, 0.15) is 16.2 Å². The van der Waals surface area contributed by atoms with Gasteiger partial charge in [0, 0.05) is 11.9 Å². The molecule has 1 saturated carbocycles. The lowest BCUT2D eigenvalue weighted by molar-refractivity contribution is -0.148. The second-order valence-electron chi connectivity index (χ2n) is 4.57. The van der Waals surface area contributed by atoms with E-state index in [1.165, 1.54) is 18.4 Å². The van der Waals surface area contributed by atoms with E-state index in [1.54, 1.807) is 5.38 Å². The molecule has 0 unspecified atom stereocenters. The molecule has 0 atom stereocenters. The summed E-state index contributed by atoms with van der Waals surface area (Å²) < 4.78 is 4.81. The Hall–Kier alpha value is -1.47. The van der Waals surface area contributed by atoms with Gasteiger partial charge in [-0.2, -0.15) is 0 Å². The summed E-state index contributed by atoms with van der Waals surface area (Å²) in [5, 5.41) is 5.13. The Morgan fingerprint density at radius 3 is 2.74 bits per heavy atom. The smallest absolute Gasteiger partial charge is 0.331 e. The summed E-state index contributed by atoms with van der Waals surface area (Å²) in [5.41, 5.74) is 4.88. The molecular formula is C12H17N3O3S. The predicted octanol–water partition coefficient (Wildman–Crippen LogP) is 0.817. The van der Waals surface area contributed by atoms with E-state index in [4.69, 9.17) is 10.5 Å². The topological polar surface area (TPSA) is 94.3 Å². The standard InChI is InChI=1S/C12H17N3O3S/c1-18-11(17)12(4-2-3-5-12)15-10(16)8-7-19-9(6-13)14-8/h7H,2-6,13H2,1H3,(H,15,16). The van der Waals surface area contributed by atoms with Crippen molar-refractivity contribution in [2.75, 3.05) is 7.11 Å². The average molecular weight is 283 g/mol. The van der Waals surface area contributed by atoms with Gasteiger partial charge in [-0.05, 0) is 12.8 Å². The maximum atomic E-state index is 12.1. The molecule has 1 heterocycles. The monoisotopic (exact) mass is 283 g/mol. The van der Waals surface area contributed by atoms with Crippen LogP contribution in [0.15, 0.2) is 5.38 Å². The van der Waals surface area contributed by atoms with E-state index in [1.807, 2.05) is 0 Å². The molecule has 0 aromatic carbocycles. The average Bonchev–Trinajstić information content (AvgIpc) is 3.06. The van der Waals surface area contributed by atoms with Crippen LogP contribution in [0.2, 0.25) is 0 Å². The number of esters is 1. The number of nitrogens with zero attached hydrogens (tertiary/aromatic N) is 1. The van der Waals surface area contributed by atoms with Crippen LogP contribution in [0.3, 0.4) is 0 Å². The molecule has 19 heavy (non-hydrogen) atoms. The summed E-state index contributed by atoms with van der Waals surface area (Å²) >= 11 is 1.34. The molecule has 1 aromatic rings. The second-order valence-corrected chi connectivity index (χ2v) is 5.51. The third kappa shape index (κ3) is 2.76. The number of methoxy groups -OCH3 is 1. The zero-order valence-corrected chi connectivity index (χ0v) is 11.6. The van der Waals surface area contributed by atoms with E-state index in [0.717, 1.165) is 12.8 Å². The third-order valence-corrected chi connectivity index (χ3v) is 4.22. The van der Waals surface area contributed by atoms with Gasteiger partial charge in [0.05, 0.1) is 7.11 Å². The van der Waals surface area contributed by atoms with E-state index in [0.29, 0.717) is 30.1 Å². The molecule has 0 spiro atoms. The fourth-order valence-electron chi connectivity index (χ4n) is 2.34. The van der Waals surface area contributed by atoms with Crippen molar-refractivity contribution in [2.45, 2.75) is 37.8 Å². The highest BCUT2D eigenvalue weighted by Crippen LogP contribution is 2.31. The van der Waals surface area contributed by atoms with Crippen molar-refractivity contribution >= 4 is 23.2 Å². The van der Waals surface area contributed by atoms with Crippen LogP contribution in [-0.4, -0.2) is 29.5 Å². The van der Waals surface area contributed by atoms with Gasteiger partial charge in [-0.25, -0.2) is 9.78 Å². The van der Waals surface area contributed by atoms with Gasteiger partial charge in [-0.1, -0.05) is 12.8 Å². The molecule has 1 aliphatic carbocycles. The zero-order valence-electron chi connectivity index (χ0n) is 10.8. The van der Waals surface area contributed by atoms with Gasteiger partial charge in [0.15, 0.2) is 0 Å². The van der Waals surface area contributed by atoms with Gasteiger partial charge in [0.2, 0.25) is 0 Å². The molecule has 2 rings (SSSR count). The van der Waals surface area contributed by atoms with Crippen LogP contribution >= 0.6 is 11.3 Å². The number of ether oxygens (including phenoxy) is 1. The number of thiazole rings is 1. The van der Waals surface area contributed by atoms with Crippen molar-refractivity contribution in [3.63, 3.8) is 0 Å². The SMILES string of the molecule is COC(=O)C1(NC(=O)c2csc(CN)n2)CCCC1. The van der Waals surface area contributed by atoms with Gasteiger partial charge >= 0.3 is 5.97 Å². The van der Waals surface area contributed by atoms with Crippen LogP contribution in [0.25, 0.3) is 0 Å². The van der Waals surface area contributed by atoms with Crippen LogP contribution in [0.5, 0.6) is 0 Å². The number of aromatic nitrogens is 1. The van der Waals surface area contributed by atoms with E-state index >= 15 is 0 Å². The molecule has 1 aliphatic rings. The van der Waals surface area contributed by atoms with Gasteiger partial charge < -0.3 is 15.8 Å². The van der Waals surface area contributed by atoms with Crippen LogP contribution in [0.4, 0.5) is 0 Å². The maximum absolute atomic E-state index is 12.1. The minimum absolute atomic E-state index is 0.306. The number of hydrogen-bond acceptors (Lipinski definition) is 6. The quantitative estimate of drug-likeness (QED) is 0.798. The summed E-state index contributed by atoms with van der Waals surface area (Å²) in [5.74, 6) is -0.726. The lowest BCUT2D eigenvalue weighted by Crippen LogP contribution is -2.53. The first-order valence-electron chi connectivity index (χ1n) is 6.17. The van der Waals surface area contributed by atoms with Crippen molar-refractivity contribution < 1.29 is 14.3 Å². The number of amides is 1. The van der Waals surface area contributed by atoms with Crippen LogP contribution in [0, 0.1) is 0 Å². The van der Waals surface area contributed by atoms with E-state index in [2.05, 4.69) is 10.3 Å². The molecular weight excluding hydrogens is 266 g/mol. The largest absolute Gasteiger partial charge is 0.467 e. The number of carbonyl (C=O) groups is 2. The first-order valence-corrected chi connectivity index (χ1v) is 7.04. The fraction of sp³-hybridized carbons (Fsp3) is 0.583. The van der Waals surface area contributed by atoms with Crippen LogP contribution < -0.4 is 11.1 Å². The third-order valence-electron chi connectivity index (χ3n) is 3.35. The molecule has 3 N–H and O–H groups in total. The lowest BCUT2D eigenvalue weighted by Gasteiger charge is -2.26. The normalized spacial score (nSPS) is 17.2. The second kappa shape index (κ2) is 5.66. The van der Waals surface area contributed by atoms with Crippen LogP contribution in [-0.2, 0) is 16.1 Å². The minimum atomic E-state index is -0.891. The van der Waals surface area contributed by atoms with Crippen molar-refractivity contribution in [1.82, 2.24) is 10.3 Å². The molecule has 7 heteroatoms. The van der Waals surface area contributed by atoms with Crippen molar-refractivity contribution in [2.24, 2.45) is 5.73 Å². The fourth-order valence-corrected chi connectivity index (χ4v) is 3.00. The summed E-state index contributed by atoms with van der Waals surface area (Å²) in [6.07, 6.45) is 3.03. The highest BCUT2D eigenvalue weighted by Gasteiger charge is 2.43. The van der Waals surface area contributed by atoms with Gasteiger partial charge in [-0.15, -0.1) is 11.3 Å². The first-order chi connectivity index (χ1) is 9.11. The number of nitrogens with two attached hydrogens (primary N) is 1. The predicted molar refractivity (Wildman–Crippen MR) is 70.7 cm³/mol. The minimum Gasteiger partial charge on any atom is -0.467 e. The number of carbonyl (C=O) groups excluding carboxylic acids is 2. The van der Waals surface area contributed by atoms with Gasteiger partial charge in [0.25, 0.3) is 5.91 Å². The Morgan fingerprint density at radius 1 is 1.53 bits per heavy atom. The number of nitrogens with one attached hydrogen (secondary N) is 1. The molecule has 1 fully saturated rings. The Balaban J connectivity index is 2.13. The van der Waals surface area contributed by atoms with E-state index in [-0.39, 0.29) is 11.9 Å². The summed E-state index contributed by atoms with van der Waals surface area (Å²) in [6, 6.07) is 0. The molecule has 104 valence electrons. The molecule has 0 saturated heterocycles. The zero-order chi connectivity index (χ0) is 13.9. The molecule has 1 amide bonds. The van der Waals surface area contributed by atoms with E-state index < -0.39 is 5.54 Å². The lowest BCUT2D eigenvalue weighted by atomic mass is 9.97. The van der Waals surface area contributed by atoms with Crippen molar-refractivity contribution in [3.8, 4) is 0 Å². The summed E-state index contributed by atoms with van der Waals surface area (Å²) in [4.78, 5) is 28.1. The summed E-state index contributed by atoms with van der Waals surface area (Å²) in [7, 11) is 1.34. The summed E-state index contributed by atoms with van der Waals surface area (Å²) in [6.45, 7) is 0.306. The highest BCUT2D eigenvalue weighted by atomic mass is 32.1. The Labute approximate surface area is 115 Å². The number of hydrogen-bond donors (Lipinski definition) is 2. The first kappa shape index (κ1) is 14.0. The molecule has 1 aromatic heterocycles. The van der Waals surface area contributed by atoms with Crippen molar-refractivity contribution in [3.05, 3.63) is 16.1 Å². The number of rotatable bonds is 4. The maximum Gasteiger partial charge on any atom is 0.331 e. The molecule has 0 aliphatic heterocycles.